The number of aliphatic carboxylic acids is 1. The molecule has 2 aromatic rings. The van der Waals surface area contributed by atoms with Gasteiger partial charge in [0.25, 0.3) is 0 Å². The highest BCUT2D eigenvalue weighted by molar-refractivity contribution is 6.30. The summed E-state index contributed by atoms with van der Waals surface area (Å²) in [5, 5.41) is 22.6. The Labute approximate surface area is 264 Å². The molecule has 2 aliphatic carbocycles. The molecule has 1 fully saturated rings. The number of likely N-dealkylation sites (N-methyl/N-ethyl adjacent to an activating group) is 1. The molecule has 2 aromatic carbocycles. The summed E-state index contributed by atoms with van der Waals surface area (Å²) in [5.74, 6) is -0.944. The van der Waals surface area contributed by atoms with Crippen molar-refractivity contribution >= 4 is 29.2 Å². The molecule has 4 aliphatic rings. The molecule has 1 saturated carbocycles. The number of anilines is 1. The van der Waals surface area contributed by atoms with Crippen molar-refractivity contribution in [2.75, 3.05) is 45.3 Å². The molecule has 2 heterocycles. The molecular formula is C35H43ClN2O6. The number of aliphatic hydroxyl groups is 1. The molecule has 1 amide bonds. The molecule has 1 unspecified atom stereocenters. The molecular weight excluding hydrogens is 580 g/mol. The summed E-state index contributed by atoms with van der Waals surface area (Å²) in [7, 11) is 3.40. The predicted molar refractivity (Wildman–Crippen MR) is 169 cm³/mol. The molecule has 8 nitrogen and oxygen atoms in total. The van der Waals surface area contributed by atoms with Gasteiger partial charge in [0.1, 0.15) is 5.75 Å². The van der Waals surface area contributed by atoms with E-state index in [1.807, 2.05) is 18.2 Å². The molecule has 1 spiro atoms. The minimum atomic E-state index is -2.39. The molecule has 44 heavy (non-hydrogen) atoms. The number of carboxylic acid groups (broad SMARTS) is 1. The number of hydrogen-bond acceptors (Lipinski definition) is 6. The number of nitrogens with zero attached hydrogens (tertiary/aromatic N) is 2. The van der Waals surface area contributed by atoms with Gasteiger partial charge in [-0.25, -0.2) is 4.79 Å². The minimum absolute atomic E-state index is 0.0385. The van der Waals surface area contributed by atoms with Gasteiger partial charge < -0.3 is 29.5 Å². The van der Waals surface area contributed by atoms with Crippen LogP contribution in [0.5, 0.6) is 5.75 Å². The number of fused-ring (bicyclic) bond motifs is 4. The van der Waals surface area contributed by atoms with Gasteiger partial charge in [-0.2, -0.15) is 0 Å². The first kappa shape index (κ1) is 30.9. The number of halogens is 1. The normalized spacial score (nSPS) is 33.0. The summed E-state index contributed by atoms with van der Waals surface area (Å²) in [6, 6.07) is 11.3. The van der Waals surface area contributed by atoms with Crippen LogP contribution in [0.1, 0.15) is 62.1 Å². The van der Waals surface area contributed by atoms with Crippen molar-refractivity contribution in [2.24, 2.45) is 11.3 Å². The monoisotopic (exact) mass is 622 g/mol. The topological polar surface area (TPSA) is 99.5 Å². The van der Waals surface area contributed by atoms with Crippen molar-refractivity contribution in [3.8, 4) is 5.75 Å². The number of carbonyl (C=O) groups is 2. The van der Waals surface area contributed by atoms with Crippen LogP contribution in [0, 0.1) is 11.3 Å². The third-order valence-corrected chi connectivity index (χ3v) is 11.1. The molecule has 236 valence electrons. The van der Waals surface area contributed by atoms with Crippen LogP contribution < -0.4 is 9.64 Å². The highest BCUT2D eigenvalue weighted by Gasteiger charge is 2.50. The van der Waals surface area contributed by atoms with Crippen molar-refractivity contribution in [3.63, 3.8) is 0 Å². The second-order valence-corrected chi connectivity index (χ2v) is 14.1. The van der Waals surface area contributed by atoms with Gasteiger partial charge in [0.05, 0.1) is 24.8 Å². The number of carbonyl (C=O) groups excluding carboxylic acids is 1. The lowest BCUT2D eigenvalue weighted by Crippen LogP contribution is -2.54. The minimum Gasteiger partial charge on any atom is -0.490 e. The van der Waals surface area contributed by atoms with Crippen LogP contribution >= 0.6 is 11.6 Å². The Bertz CT molecular complexity index is 1480. The zero-order valence-electron chi connectivity index (χ0n) is 25.9. The van der Waals surface area contributed by atoms with E-state index in [9.17, 15) is 19.8 Å². The van der Waals surface area contributed by atoms with Crippen molar-refractivity contribution < 1.29 is 29.3 Å². The van der Waals surface area contributed by atoms with Crippen LogP contribution in [0.2, 0.25) is 5.02 Å². The van der Waals surface area contributed by atoms with Crippen LogP contribution in [0.3, 0.4) is 0 Å². The Kier molecular flexibility index (Phi) is 8.22. The van der Waals surface area contributed by atoms with E-state index in [1.165, 1.54) is 16.0 Å². The predicted octanol–water partition coefficient (Wildman–Crippen LogP) is 5.33. The first-order chi connectivity index (χ1) is 21.0. The first-order valence-electron chi connectivity index (χ1n) is 15.7. The second-order valence-electron chi connectivity index (χ2n) is 13.7. The maximum Gasteiger partial charge on any atom is 0.340 e. The van der Waals surface area contributed by atoms with Crippen molar-refractivity contribution in [2.45, 2.75) is 69.0 Å². The maximum absolute atomic E-state index is 13.2. The average molecular weight is 623 g/mol. The maximum atomic E-state index is 13.2. The Morgan fingerprint density at radius 2 is 1.95 bits per heavy atom. The molecule has 9 heteroatoms. The van der Waals surface area contributed by atoms with E-state index in [4.69, 9.17) is 21.1 Å². The number of methoxy groups -OCH3 is 1. The fraction of sp³-hybridized carbons (Fsp3) is 0.543. The standard InChI is InChI=1S/C35H43ClN2O6/c1-33-15-13-27(33)29(43-3)8-4-5-16-37(2)31(39)19-35(42,32(40)41)24-9-12-30-28(18-24)38(20-33)21-34(22-44-30)14-6-7-23-17-25(36)10-11-26(23)34/h4-5,9-12,17-18,27,29,42H,6-8,13-16,19-22H2,1-3H3,(H,40,41)/b5-4+/t27-,29-,33?,34-,35-/m0/s1. The van der Waals surface area contributed by atoms with Gasteiger partial charge in [-0.05, 0) is 90.8 Å². The SMILES string of the molecule is CO[C@H]1C/C=C/CN(C)C(=O)C[C@@](O)(C(=O)O)c2ccc3c(c2)N(CC2(C)CC[C@@H]12)C[C@@]1(CCCc2cc(Cl)ccc21)CO3. The Hall–Kier alpha value is -3.07. The zero-order valence-corrected chi connectivity index (χ0v) is 26.6. The number of benzene rings is 2. The second kappa shape index (κ2) is 11.7. The third kappa shape index (κ3) is 5.39. The molecule has 0 saturated heterocycles. The van der Waals surface area contributed by atoms with E-state index in [-0.39, 0.29) is 22.5 Å². The number of ether oxygens (including phenoxy) is 2. The first-order valence-corrected chi connectivity index (χ1v) is 16.0. The molecule has 5 atom stereocenters. The van der Waals surface area contributed by atoms with Crippen molar-refractivity contribution in [1.29, 1.82) is 0 Å². The van der Waals surface area contributed by atoms with E-state index >= 15 is 0 Å². The number of hydrogen-bond donors (Lipinski definition) is 2. The lowest BCUT2D eigenvalue weighted by atomic mass is 9.58. The van der Waals surface area contributed by atoms with E-state index in [0.29, 0.717) is 31.4 Å². The van der Waals surface area contributed by atoms with Gasteiger partial charge >= 0.3 is 5.97 Å². The van der Waals surface area contributed by atoms with Crippen LogP contribution in [0.15, 0.2) is 48.6 Å². The van der Waals surface area contributed by atoms with Gasteiger partial charge in [0, 0.05) is 44.2 Å². The van der Waals surface area contributed by atoms with E-state index in [2.05, 4.69) is 24.0 Å². The number of aryl methyl sites for hydroxylation is 1. The highest BCUT2D eigenvalue weighted by Crippen LogP contribution is 2.53. The summed E-state index contributed by atoms with van der Waals surface area (Å²) in [5.41, 5.74) is 0.660. The largest absolute Gasteiger partial charge is 0.490 e. The van der Waals surface area contributed by atoms with Gasteiger partial charge in [0.15, 0.2) is 5.60 Å². The molecule has 2 N–H and O–H groups in total. The number of amides is 1. The highest BCUT2D eigenvalue weighted by atomic mass is 35.5. The summed E-state index contributed by atoms with van der Waals surface area (Å²) in [6.45, 7) is 4.51. The van der Waals surface area contributed by atoms with E-state index in [0.717, 1.165) is 55.8 Å². The van der Waals surface area contributed by atoms with Gasteiger partial charge in [-0.3, -0.25) is 4.79 Å². The third-order valence-electron chi connectivity index (χ3n) is 10.8. The van der Waals surface area contributed by atoms with Gasteiger partial charge in [-0.15, -0.1) is 0 Å². The van der Waals surface area contributed by atoms with E-state index in [1.54, 1.807) is 32.4 Å². The van der Waals surface area contributed by atoms with Crippen LogP contribution in [0.25, 0.3) is 0 Å². The molecule has 6 rings (SSSR count). The number of carboxylic acids is 1. The van der Waals surface area contributed by atoms with Crippen LogP contribution in [0.4, 0.5) is 5.69 Å². The molecule has 0 aromatic heterocycles. The molecule has 2 bridgehead atoms. The lowest BCUT2D eigenvalue weighted by Gasteiger charge is -2.53. The Balaban J connectivity index is 1.49. The fourth-order valence-electron chi connectivity index (χ4n) is 8.06. The molecule has 2 aliphatic heterocycles. The number of rotatable bonds is 2. The van der Waals surface area contributed by atoms with Crippen LogP contribution in [-0.4, -0.2) is 73.5 Å². The summed E-state index contributed by atoms with van der Waals surface area (Å²) < 4.78 is 12.7. The molecule has 0 radical (unpaired) electrons. The Morgan fingerprint density at radius 3 is 2.68 bits per heavy atom. The van der Waals surface area contributed by atoms with Crippen LogP contribution in [-0.2, 0) is 31.8 Å². The van der Waals surface area contributed by atoms with Crippen molar-refractivity contribution in [3.05, 3.63) is 70.3 Å². The average Bonchev–Trinajstić information content (AvgIpc) is 3.13. The quantitative estimate of drug-likeness (QED) is 0.437. The zero-order chi connectivity index (χ0) is 31.3. The lowest BCUT2D eigenvalue weighted by molar-refractivity contribution is -0.164. The van der Waals surface area contributed by atoms with Gasteiger partial charge in [0.2, 0.25) is 5.91 Å². The Morgan fingerprint density at radius 1 is 1.14 bits per heavy atom. The summed E-state index contributed by atoms with van der Waals surface area (Å²) in [6.07, 6.45) is 9.18. The summed E-state index contributed by atoms with van der Waals surface area (Å²) in [4.78, 5) is 29.6. The van der Waals surface area contributed by atoms with E-state index < -0.39 is 23.9 Å². The van der Waals surface area contributed by atoms with Gasteiger partial charge in [-0.1, -0.05) is 42.8 Å². The summed E-state index contributed by atoms with van der Waals surface area (Å²) >= 11 is 6.42. The smallest absolute Gasteiger partial charge is 0.340 e. The fourth-order valence-corrected chi connectivity index (χ4v) is 8.26. The van der Waals surface area contributed by atoms with Crippen molar-refractivity contribution in [1.82, 2.24) is 4.90 Å².